The fraction of sp³-hybridized carbons (Fsp3) is 0.125. The molecule has 0 aliphatic carbocycles. The molecule has 156 valence electrons. The van der Waals surface area contributed by atoms with Crippen molar-refractivity contribution in [1.29, 1.82) is 0 Å². The van der Waals surface area contributed by atoms with Crippen molar-refractivity contribution < 1.29 is 9.53 Å². The van der Waals surface area contributed by atoms with Crippen LogP contribution in [0.25, 0.3) is 0 Å². The standard InChI is InChI=1S/C24H23N5O2/c25-24(30)19-8-11-22(27-14-19)31-21-9-6-17(7-10-21)12-13-26-23(20-15-28-29-16-20)18-4-2-1-3-5-18/h1-11,14-16,23,26H,12-13H2,(H2,25,30)(H,28,29). The molecule has 7 nitrogen and oxygen atoms in total. The summed E-state index contributed by atoms with van der Waals surface area (Å²) in [7, 11) is 0. The maximum absolute atomic E-state index is 11.1. The topological polar surface area (TPSA) is 106 Å². The lowest BCUT2D eigenvalue weighted by Gasteiger charge is -2.18. The Balaban J connectivity index is 1.34. The number of H-pyrrole nitrogens is 1. The Morgan fingerprint density at radius 3 is 2.45 bits per heavy atom. The summed E-state index contributed by atoms with van der Waals surface area (Å²) >= 11 is 0. The van der Waals surface area contributed by atoms with E-state index >= 15 is 0 Å². The van der Waals surface area contributed by atoms with Gasteiger partial charge in [-0.2, -0.15) is 5.10 Å². The summed E-state index contributed by atoms with van der Waals surface area (Å²) in [6.45, 7) is 0.807. The van der Waals surface area contributed by atoms with Crippen molar-refractivity contribution in [3.8, 4) is 11.6 Å². The maximum atomic E-state index is 11.1. The molecular weight excluding hydrogens is 390 g/mol. The summed E-state index contributed by atoms with van der Waals surface area (Å²) in [5.74, 6) is 0.570. The van der Waals surface area contributed by atoms with Gasteiger partial charge in [-0.1, -0.05) is 42.5 Å². The number of aromatic amines is 1. The van der Waals surface area contributed by atoms with Crippen molar-refractivity contribution in [2.24, 2.45) is 5.73 Å². The summed E-state index contributed by atoms with van der Waals surface area (Å²) in [5, 5.41) is 10.6. The minimum Gasteiger partial charge on any atom is -0.439 e. The average Bonchev–Trinajstić information content (AvgIpc) is 3.33. The minimum absolute atomic E-state index is 0.0806. The van der Waals surface area contributed by atoms with E-state index < -0.39 is 5.91 Å². The third-order valence-corrected chi connectivity index (χ3v) is 4.91. The number of nitrogens with zero attached hydrogens (tertiary/aromatic N) is 2. The molecule has 4 rings (SSSR count). The number of ether oxygens (including phenoxy) is 1. The van der Waals surface area contributed by atoms with Crippen LogP contribution >= 0.6 is 0 Å². The van der Waals surface area contributed by atoms with E-state index in [1.165, 1.54) is 17.3 Å². The van der Waals surface area contributed by atoms with Crippen LogP contribution < -0.4 is 15.8 Å². The second-order valence-electron chi connectivity index (χ2n) is 7.07. The Bertz CT molecular complexity index is 1100. The third kappa shape index (κ3) is 5.34. The fourth-order valence-corrected chi connectivity index (χ4v) is 3.28. The highest BCUT2D eigenvalue weighted by Crippen LogP contribution is 2.22. The first-order chi connectivity index (χ1) is 15.2. The predicted octanol–water partition coefficient (Wildman–Crippen LogP) is 3.62. The summed E-state index contributed by atoms with van der Waals surface area (Å²) in [5.41, 5.74) is 9.06. The van der Waals surface area contributed by atoms with Gasteiger partial charge in [-0.05, 0) is 35.7 Å². The zero-order chi connectivity index (χ0) is 21.5. The highest BCUT2D eigenvalue weighted by molar-refractivity contribution is 5.92. The zero-order valence-electron chi connectivity index (χ0n) is 16.9. The van der Waals surface area contributed by atoms with E-state index in [4.69, 9.17) is 10.5 Å². The molecule has 7 heteroatoms. The number of rotatable bonds is 9. The number of carbonyl (C=O) groups excluding carboxylic acids is 1. The fourth-order valence-electron chi connectivity index (χ4n) is 3.28. The van der Waals surface area contributed by atoms with Crippen molar-refractivity contribution in [1.82, 2.24) is 20.5 Å². The van der Waals surface area contributed by atoms with Crippen LogP contribution in [0.4, 0.5) is 0 Å². The lowest BCUT2D eigenvalue weighted by Crippen LogP contribution is -2.24. The summed E-state index contributed by atoms with van der Waals surface area (Å²) in [6.07, 6.45) is 6.04. The molecule has 1 atom stereocenters. The molecule has 0 radical (unpaired) electrons. The quantitative estimate of drug-likeness (QED) is 0.389. The summed E-state index contributed by atoms with van der Waals surface area (Å²) in [6, 6.07) is 21.5. The predicted molar refractivity (Wildman–Crippen MR) is 118 cm³/mol. The Morgan fingerprint density at radius 2 is 1.81 bits per heavy atom. The normalized spacial score (nSPS) is 11.7. The van der Waals surface area contributed by atoms with Crippen LogP contribution in [-0.4, -0.2) is 27.6 Å². The van der Waals surface area contributed by atoms with Gasteiger partial charge in [0.15, 0.2) is 0 Å². The molecule has 0 saturated heterocycles. The van der Waals surface area contributed by atoms with E-state index in [2.05, 4.69) is 32.6 Å². The smallest absolute Gasteiger partial charge is 0.250 e. The Kier molecular flexibility index (Phi) is 6.35. The minimum atomic E-state index is -0.515. The molecule has 2 heterocycles. The lowest BCUT2D eigenvalue weighted by molar-refractivity contribution is 0.1000. The highest BCUT2D eigenvalue weighted by atomic mass is 16.5. The van der Waals surface area contributed by atoms with E-state index in [0.717, 1.165) is 18.5 Å². The molecule has 4 N–H and O–H groups in total. The number of carbonyl (C=O) groups is 1. The molecule has 0 aliphatic rings. The molecule has 4 aromatic rings. The number of hydrogen-bond donors (Lipinski definition) is 3. The van der Waals surface area contributed by atoms with Crippen molar-refractivity contribution in [2.75, 3.05) is 6.54 Å². The molecule has 0 bridgehead atoms. The Labute approximate surface area is 180 Å². The van der Waals surface area contributed by atoms with Crippen molar-refractivity contribution in [3.05, 3.63) is 108 Å². The van der Waals surface area contributed by atoms with E-state index in [9.17, 15) is 4.79 Å². The van der Waals surface area contributed by atoms with Crippen LogP contribution in [0.3, 0.4) is 0 Å². The first kappa shape index (κ1) is 20.3. The largest absolute Gasteiger partial charge is 0.439 e. The molecule has 1 amide bonds. The molecule has 2 aromatic heterocycles. The number of nitrogens with one attached hydrogen (secondary N) is 2. The molecule has 0 fully saturated rings. The van der Waals surface area contributed by atoms with Crippen molar-refractivity contribution in [2.45, 2.75) is 12.5 Å². The van der Waals surface area contributed by atoms with E-state index in [1.54, 1.807) is 12.1 Å². The van der Waals surface area contributed by atoms with Gasteiger partial charge in [-0.25, -0.2) is 4.98 Å². The van der Waals surface area contributed by atoms with Crippen LogP contribution in [0.15, 0.2) is 85.3 Å². The number of amides is 1. The number of primary amides is 1. The Morgan fingerprint density at radius 1 is 1.00 bits per heavy atom. The zero-order valence-corrected chi connectivity index (χ0v) is 16.9. The van der Waals surface area contributed by atoms with Gasteiger partial charge in [-0.3, -0.25) is 9.89 Å². The number of hydrogen-bond acceptors (Lipinski definition) is 5. The number of aromatic nitrogens is 3. The van der Waals surface area contributed by atoms with E-state index in [1.807, 2.05) is 54.9 Å². The van der Waals surface area contributed by atoms with Crippen LogP contribution in [0.2, 0.25) is 0 Å². The van der Waals surface area contributed by atoms with E-state index in [-0.39, 0.29) is 6.04 Å². The second kappa shape index (κ2) is 9.69. The van der Waals surface area contributed by atoms with Crippen LogP contribution in [0, 0.1) is 0 Å². The number of benzene rings is 2. The first-order valence-electron chi connectivity index (χ1n) is 9.99. The van der Waals surface area contributed by atoms with Crippen LogP contribution in [-0.2, 0) is 6.42 Å². The van der Waals surface area contributed by atoms with Crippen LogP contribution in [0.5, 0.6) is 11.6 Å². The Hall–Kier alpha value is -3.97. The second-order valence-corrected chi connectivity index (χ2v) is 7.07. The monoisotopic (exact) mass is 413 g/mol. The molecule has 0 spiro atoms. The SMILES string of the molecule is NC(=O)c1ccc(Oc2ccc(CCNC(c3ccccc3)c3cn[nH]c3)cc2)nc1. The van der Waals surface area contributed by atoms with Gasteiger partial charge in [-0.15, -0.1) is 0 Å². The van der Waals surface area contributed by atoms with Gasteiger partial charge in [0.25, 0.3) is 0 Å². The first-order valence-corrected chi connectivity index (χ1v) is 9.99. The average molecular weight is 413 g/mol. The van der Waals surface area contributed by atoms with Crippen molar-refractivity contribution in [3.63, 3.8) is 0 Å². The molecule has 0 aliphatic heterocycles. The molecule has 2 aromatic carbocycles. The third-order valence-electron chi connectivity index (χ3n) is 4.91. The van der Waals surface area contributed by atoms with E-state index in [0.29, 0.717) is 17.2 Å². The molecule has 31 heavy (non-hydrogen) atoms. The summed E-state index contributed by atoms with van der Waals surface area (Å²) in [4.78, 5) is 15.2. The van der Waals surface area contributed by atoms with Gasteiger partial charge in [0.05, 0.1) is 17.8 Å². The van der Waals surface area contributed by atoms with Gasteiger partial charge >= 0.3 is 0 Å². The number of nitrogens with two attached hydrogens (primary N) is 1. The van der Waals surface area contributed by atoms with Gasteiger partial charge in [0.1, 0.15) is 5.75 Å². The number of pyridine rings is 1. The van der Waals surface area contributed by atoms with Gasteiger partial charge in [0.2, 0.25) is 11.8 Å². The maximum Gasteiger partial charge on any atom is 0.250 e. The lowest BCUT2D eigenvalue weighted by atomic mass is 10.0. The molecule has 1 unspecified atom stereocenters. The van der Waals surface area contributed by atoms with Gasteiger partial charge < -0.3 is 15.8 Å². The van der Waals surface area contributed by atoms with Crippen LogP contribution in [0.1, 0.15) is 33.1 Å². The van der Waals surface area contributed by atoms with Gasteiger partial charge in [0, 0.05) is 30.6 Å². The molecule has 0 saturated carbocycles. The summed E-state index contributed by atoms with van der Waals surface area (Å²) < 4.78 is 5.73. The highest BCUT2D eigenvalue weighted by Gasteiger charge is 2.14. The molecular formula is C24H23N5O2. The van der Waals surface area contributed by atoms with Crippen molar-refractivity contribution >= 4 is 5.91 Å².